The molecule has 0 aliphatic carbocycles. The minimum absolute atomic E-state index is 0.175. The molecule has 154 valence electrons. The maximum absolute atomic E-state index is 12.8. The Kier molecular flexibility index (Phi) is 6.20. The fourth-order valence-corrected chi connectivity index (χ4v) is 3.39. The number of para-hydroxylation sites is 2. The third-order valence-electron chi connectivity index (χ3n) is 4.89. The molecule has 0 atom stereocenters. The van der Waals surface area contributed by atoms with Crippen LogP contribution in [0.15, 0.2) is 67.3 Å². The Morgan fingerprint density at radius 3 is 2.73 bits per heavy atom. The zero-order chi connectivity index (χ0) is 20.8. The number of rotatable bonds is 9. The molecule has 2 aromatic carbocycles. The van der Waals surface area contributed by atoms with Crippen LogP contribution in [-0.2, 0) is 17.8 Å². The number of nitrogens with one attached hydrogen (secondary N) is 1. The zero-order valence-electron chi connectivity index (χ0n) is 17.0. The maximum atomic E-state index is 12.8. The molecule has 0 saturated heterocycles. The number of carbonyl (C=O) groups is 1. The van der Waals surface area contributed by atoms with Crippen LogP contribution < -0.4 is 5.32 Å². The SMILES string of the molecule is CCOCCCn1c(NC(=O)c2ccc(Cn3ccnc3)cc2)nc2ccccc21. The average Bonchev–Trinajstić information content (AvgIpc) is 3.39. The second-order valence-corrected chi connectivity index (χ2v) is 7.01. The van der Waals surface area contributed by atoms with Crippen molar-refractivity contribution in [2.45, 2.75) is 26.4 Å². The summed E-state index contributed by atoms with van der Waals surface area (Å²) in [7, 11) is 0. The van der Waals surface area contributed by atoms with E-state index in [1.165, 1.54) is 0 Å². The zero-order valence-corrected chi connectivity index (χ0v) is 17.0. The molecule has 0 aliphatic heterocycles. The predicted octanol–water partition coefficient (Wildman–Crippen LogP) is 3.96. The first-order valence-electron chi connectivity index (χ1n) is 10.1. The van der Waals surface area contributed by atoms with E-state index < -0.39 is 0 Å². The van der Waals surface area contributed by atoms with E-state index >= 15 is 0 Å². The first kappa shape index (κ1) is 19.8. The lowest BCUT2D eigenvalue weighted by atomic mass is 10.1. The highest BCUT2D eigenvalue weighted by Gasteiger charge is 2.14. The summed E-state index contributed by atoms with van der Waals surface area (Å²) in [6.45, 7) is 4.80. The predicted molar refractivity (Wildman–Crippen MR) is 117 cm³/mol. The van der Waals surface area contributed by atoms with E-state index in [0.29, 0.717) is 24.7 Å². The van der Waals surface area contributed by atoms with Crippen LogP contribution in [0.5, 0.6) is 0 Å². The van der Waals surface area contributed by atoms with Crippen molar-refractivity contribution in [1.82, 2.24) is 19.1 Å². The second-order valence-electron chi connectivity index (χ2n) is 7.01. The number of aryl methyl sites for hydroxylation is 1. The number of fused-ring (bicyclic) bond motifs is 1. The third-order valence-corrected chi connectivity index (χ3v) is 4.89. The topological polar surface area (TPSA) is 74.0 Å². The van der Waals surface area contributed by atoms with Crippen LogP contribution in [-0.4, -0.2) is 38.2 Å². The van der Waals surface area contributed by atoms with Gasteiger partial charge in [-0.2, -0.15) is 0 Å². The molecule has 1 amide bonds. The Labute approximate surface area is 175 Å². The molecule has 0 fully saturated rings. The molecule has 30 heavy (non-hydrogen) atoms. The molecule has 0 unspecified atom stereocenters. The number of imidazole rings is 2. The highest BCUT2D eigenvalue weighted by molar-refractivity contribution is 6.04. The summed E-state index contributed by atoms with van der Waals surface area (Å²) in [4.78, 5) is 21.5. The summed E-state index contributed by atoms with van der Waals surface area (Å²) in [6.07, 6.45) is 6.29. The molecule has 0 aliphatic rings. The molecule has 0 bridgehead atoms. The lowest BCUT2D eigenvalue weighted by Crippen LogP contribution is -2.16. The fourth-order valence-electron chi connectivity index (χ4n) is 3.39. The lowest BCUT2D eigenvalue weighted by Gasteiger charge is -2.11. The van der Waals surface area contributed by atoms with Gasteiger partial charge in [-0.1, -0.05) is 24.3 Å². The van der Waals surface area contributed by atoms with Crippen LogP contribution in [0.25, 0.3) is 11.0 Å². The number of hydrogen-bond acceptors (Lipinski definition) is 4. The Balaban J connectivity index is 1.49. The van der Waals surface area contributed by atoms with Crippen LogP contribution in [0.1, 0.15) is 29.3 Å². The summed E-state index contributed by atoms with van der Waals surface area (Å²) in [5.41, 5.74) is 3.56. The first-order valence-corrected chi connectivity index (χ1v) is 10.1. The van der Waals surface area contributed by atoms with E-state index in [-0.39, 0.29) is 5.91 Å². The van der Waals surface area contributed by atoms with Crippen molar-refractivity contribution in [3.63, 3.8) is 0 Å². The van der Waals surface area contributed by atoms with Crippen LogP contribution in [0.2, 0.25) is 0 Å². The average molecular weight is 403 g/mol. The van der Waals surface area contributed by atoms with Gasteiger partial charge in [0.2, 0.25) is 5.95 Å². The molecule has 7 nitrogen and oxygen atoms in total. The summed E-state index contributed by atoms with van der Waals surface area (Å²) in [5, 5.41) is 2.98. The number of anilines is 1. The minimum Gasteiger partial charge on any atom is -0.382 e. The van der Waals surface area contributed by atoms with Crippen molar-refractivity contribution < 1.29 is 9.53 Å². The van der Waals surface area contributed by atoms with E-state index in [4.69, 9.17) is 4.74 Å². The Morgan fingerprint density at radius 2 is 1.97 bits per heavy atom. The van der Waals surface area contributed by atoms with Gasteiger partial charge < -0.3 is 13.9 Å². The molecular formula is C23H25N5O2. The summed E-state index contributed by atoms with van der Waals surface area (Å²) in [5.74, 6) is 0.380. The van der Waals surface area contributed by atoms with E-state index in [1.807, 2.05) is 70.8 Å². The quantitative estimate of drug-likeness (QED) is 0.429. The van der Waals surface area contributed by atoms with Crippen LogP contribution in [0.3, 0.4) is 0 Å². The minimum atomic E-state index is -0.175. The van der Waals surface area contributed by atoms with Gasteiger partial charge in [-0.25, -0.2) is 9.97 Å². The monoisotopic (exact) mass is 403 g/mol. The van der Waals surface area contributed by atoms with E-state index in [1.54, 1.807) is 12.5 Å². The van der Waals surface area contributed by atoms with Crippen molar-refractivity contribution in [1.29, 1.82) is 0 Å². The van der Waals surface area contributed by atoms with Gasteiger partial charge in [-0.05, 0) is 43.2 Å². The number of benzene rings is 2. The van der Waals surface area contributed by atoms with E-state index in [0.717, 1.165) is 36.1 Å². The van der Waals surface area contributed by atoms with Gasteiger partial charge in [0.1, 0.15) is 0 Å². The molecular weight excluding hydrogens is 378 g/mol. The van der Waals surface area contributed by atoms with Gasteiger partial charge in [-0.15, -0.1) is 0 Å². The van der Waals surface area contributed by atoms with Crippen LogP contribution in [0.4, 0.5) is 5.95 Å². The standard InChI is InChI=1S/C23H25N5O2/c1-2-30-15-5-13-28-21-7-4-3-6-20(21)25-23(28)26-22(29)19-10-8-18(9-11-19)16-27-14-12-24-17-27/h3-4,6-12,14,17H,2,5,13,15-16H2,1H3,(H,25,26,29). The highest BCUT2D eigenvalue weighted by Crippen LogP contribution is 2.21. The largest absolute Gasteiger partial charge is 0.382 e. The number of ether oxygens (including phenoxy) is 1. The van der Waals surface area contributed by atoms with E-state index in [9.17, 15) is 4.79 Å². The van der Waals surface area contributed by atoms with Crippen molar-refractivity contribution in [3.8, 4) is 0 Å². The Bertz CT molecular complexity index is 1100. The number of hydrogen-bond donors (Lipinski definition) is 1. The van der Waals surface area contributed by atoms with Crippen molar-refractivity contribution in [2.75, 3.05) is 18.5 Å². The summed E-state index contributed by atoms with van der Waals surface area (Å²) in [6, 6.07) is 15.5. The molecule has 0 saturated carbocycles. The van der Waals surface area contributed by atoms with Gasteiger partial charge in [0.25, 0.3) is 5.91 Å². The van der Waals surface area contributed by atoms with Crippen LogP contribution in [0, 0.1) is 0 Å². The highest BCUT2D eigenvalue weighted by atomic mass is 16.5. The molecule has 4 aromatic rings. The van der Waals surface area contributed by atoms with Gasteiger partial charge in [0.15, 0.2) is 0 Å². The maximum Gasteiger partial charge on any atom is 0.257 e. The smallest absolute Gasteiger partial charge is 0.257 e. The molecule has 0 spiro atoms. The molecule has 1 N–H and O–H groups in total. The molecule has 2 heterocycles. The Hall–Kier alpha value is -3.45. The molecule has 0 radical (unpaired) electrons. The molecule has 7 heteroatoms. The summed E-state index contributed by atoms with van der Waals surface area (Å²) < 4.78 is 9.48. The van der Waals surface area contributed by atoms with Crippen molar-refractivity contribution >= 4 is 22.9 Å². The summed E-state index contributed by atoms with van der Waals surface area (Å²) >= 11 is 0. The van der Waals surface area contributed by atoms with Gasteiger partial charge in [-0.3, -0.25) is 10.1 Å². The number of nitrogens with zero attached hydrogens (tertiary/aromatic N) is 4. The third kappa shape index (κ3) is 4.58. The molecule has 4 rings (SSSR count). The molecule has 2 aromatic heterocycles. The number of carbonyl (C=O) groups excluding carboxylic acids is 1. The van der Waals surface area contributed by atoms with Crippen molar-refractivity contribution in [2.24, 2.45) is 0 Å². The number of aromatic nitrogens is 4. The van der Waals surface area contributed by atoms with Gasteiger partial charge in [0.05, 0.1) is 17.4 Å². The van der Waals surface area contributed by atoms with Gasteiger partial charge >= 0.3 is 0 Å². The van der Waals surface area contributed by atoms with Crippen LogP contribution >= 0.6 is 0 Å². The number of amides is 1. The van der Waals surface area contributed by atoms with E-state index in [2.05, 4.69) is 15.3 Å². The first-order chi connectivity index (χ1) is 14.7. The van der Waals surface area contributed by atoms with Crippen molar-refractivity contribution in [3.05, 3.63) is 78.4 Å². The normalized spacial score (nSPS) is 11.1. The second kappa shape index (κ2) is 9.37. The fraction of sp³-hybridized carbons (Fsp3) is 0.261. The lowest BCUT2D eigenvalue weighted by molar-refractivity contribution is 0.102. The van der Waals surface area contributed by atoms with Gasteiger partial charge in [0, 0.05) is 44.3 Å². The Morgan fingerprint density at radius 1 is 1.13 bits per heavy atom.